The molecule has 0 radical (unpaired) electrons. The van der Waals surface area contributed by atoms with E-state index >= 15 is 0 Å². The van der Waals surface area contributed by atoms with E-state index in [1.54, 1.807) is 13.2 Å². The maximum atomic E-state index is 12.8. The maximum absolute atomic E-state index is 12.8. The van der Waals surface area contributed by atoms with E-state index in [-0.39, 0.29) is 18.3 Å². The van der Waals surface area contributed by atoms with Crippen LogP contribution in [0.3, 0.4) is 0 Å². The molecule has 0 aromatic heterocycles. The summed E-state index contributed by atoms with van der Waals surface area (Å²) >= 11 is 0. The number of rotatable bonds is 4. The van der Waals surface area contributed by atoms with Crippen molar-refractivity contribution in [1.82, 2.24) is 5.32 Å². The van der Waals surface area contributed by atoms with Gasteiger partial charge >= 0.3 is 5.97 Å². The summed E-state index contributed by atoms with van der Waals surface area (Å²) in [4.78, 5) is 24.6. The molecule has 1 unspecified atom stereocenters. The Labute approximate surface area is 151 Å². The van der Waals surface area contributed by atoms with E-state index in [9.17, 15) is 9.59 Å². The van der Waals surface area contributed by atoms with Crippen molar-refractivity contribution in [3.63, 3.8) is 0 Å². The lowest BCUT2D eigenvalue weighted by Gasteiger charge is -2.28. The van der Waals surface area contributed by atoms with Gasteiger partial charge in [0.25, 0.3) is 0 Å². The Morgan fingerprint density at radius 1 is 1.23 bits per heavy atom. The zero-order valence-electron chi connectivity index (χ0n) is 14.8. The third-order valence-electron chi connectivity index (χ3n) is 5.49. The minimum atomic E-state index is -0.599. The minimum Gasteiger partial charge on any atom is -0.496 e. The lowest BCUT2D eigenvalue weighted by Crippen LogP contribution is -2.42. The molecule has 3 aliphatic rings. The second-order valence-electron chi connectivity index (χ2n) is 7.03. The van der Waals surface area contributed by atoms with Crippen molar-refractivity contribution in [2.75, 3.05) is 20.3 Å². The molecule has 1 aromatic rings. The van der Waals surface area contributed by atoms with Gasteiger partial charge in [-0.15, -0.1) is 0 Å². The molecule has 1 atom stereocenters. The van der Waals surface area contributed by atoms with Crippen LogP contribution in [0, 0.1) is 5.92 Å². The number of ether oxygens (including phenoxy) is 4. The molecule has 1 N–H and O–H groups in total. The molecular weight excluding hydrogens is 338 g/mol. The van der Waals surface area contributed by atoms with Crippen LogP contribution in [0.5, 0.6) is 17.2 Å². The smallest absolute Gasteiger partial charge is 0.307 e. The molecule has 1 saturated heterocycles. The summed E-state index contributed by atoms with van der Waals surface area (Å²) in [5.41, 5.74) is 0.203. The fraction of sp³-hybridized carbons (Fsp3) is 0.579. The van der Waals surface area contributed by atoms with Crippen LogP contribution in [0.25, 0.3) is 0 Å². The van der Waals surface area contributed by atoms with Gasteiger partial charge in [0.05, 0.1) is 19.4 Å². The maximum Gasteiger partial charge on any atom is 0.307 e. The zero-order chi connectivity index (χ0) is 18.1. The van der Waals surface area contributed by atoms with Gasteiger partial charge in [0.2, 0.25) is 5.91 Å². The lowest BCUT2D eigenvalue weighted by atomic mass is 9.85. The number of carbonyl (C=O) groups excluding carboxylic acids is 2. The molecule has 140 valence electrons. The molecule has 2 heterocycles. The first-order valence-corrected chi connectivity index (χ1v) is 9.07. The summed E-state index contributed by atoms with van der Waals surface area (Å²) in [5.74, 6) is 1.08. The second-order valence-corrected chi connectivity index (χ2v) is 7.03. The largest absolute Gasteiger partial charge is 0.496 e. The number of fused-ring (bicyclic) bond motifs is 1. The van der Waals surface area contributed by atoms with Gasteiger partial charge in [0.15, 0.2) is 11.5 Å². The summed E-state index contributed by atoms with van der Waals surface area (Å²) in [7, 11) is 1.58. The van der Waals surface area contributed by atoms with E-state index in [1.165, 1.54) is 0 Å². The number of hydrogen-bond donors (Lipinski definition) is 1. The Morgan fingerprint density at radius 3 is 2.62 bits per heavy atom. The molecule has 1 aromatic carbocycles. The van der Waals surface area contributed by atoms with E-state index in [0.29, 0.717) is 37.0 Å². The number of carbonyl (C=O) groups is 2. The predicted molar refractivity (Wildman–Crippen MR) is 91.2 cm³/mol. The Kier molecular flexibility index (Phi) is 4.38. The second kappa shape index (κ2) is 6.70. The number of hydrogen-bond acceptors (Lipinski definition) is 6. The average molecular weight is 361 g/mol. The SMILES string of the molecule is COc1cc2c(cc1CNC(=O)C1CC(=O)OC13CCCC3)OCCO2. The topological polar surface area (TPSA) is 83.1 Å². The van der Waals surface area contributed by atoms with Crippen LogP contribution < -0.4 is 19.5 Å². The van der Waals surface area contributed by atoms with Gasteiger partial charge in [-0.2, -0.15) is 0 Å². The van der Waals surface area contributed by atoms with Crippen LogP contribution in [0.2, 0.25) is 0 Å². The number of benzene rings is 1. The molecule has 26 heavy (non-hydrogen) atoms. The van der Waals surface area contributed by atoms with E-state index in [1.807, 2.05) is 6.07 Å². The van der Waals surface area contributed by atoms with Crippen molar-refractivity contribution in [3.8, 4) is 17.2 Å². The highest BCUT2D eigenvalue weighted by molar-refractivity contribution is 5.88. The normalized spacial score (nSPS) is 23.0. The van der Waals surface area contributed by atoms with Crippen molar-refractivity contribution < 1.29 is 28.5 Å². The summed E-state index contributed by atoms with van der Waals surface area (Å²) in [6.07, 6.45) is 3.68. The van der Waals surface area contributed by atoms with E-state index in [4.69, 9.17) is 18.9 Å². The quantitative estimate of drug-likeness (QED) is 0.826. The first kappa shape index (κ1) is 17.0. The van der Waals surface area contributed by atoms with Crippen LogP contribution in [-0.4, -0.2) is 37.8 Å². The third kappa shape index (κ3) is 2.95. The highest BCUT2D eigenvalue weighted by Crippen LogP contribution is 2.45. The molecule has 7 nitrogen and oxygen atoms in total. The Hall–Kier alpha value is -2.44. The first-order valence-electron chi connectivity index (χ1n) is 9.07. The van der Waals surface area contributed by atoms with Crippen molar-refractivity contribution in [2.45, 2.75) is 44.2 Å². The lowest BCUT2D eigenvalue weighted by molar-refractivity contribution is -0.149. The van der Waals surface area contributed by atoms with Crippen molar-refractivity contribution in [1.29, 1.82) is 0 Å². The fourth-order valence-electron chi connectivity index (χ4n) is 4.19. The Balaban J connectivity index is 1.48. The average Bonchev–Trinajstić information content (AvgIpc) is 3.25. The van der Waals surface area contributed by atoms with Crippen LogP contribution in [0.4, 0.5) is 0 Å². The molecular formula is C19H23NO6. The van der Waals surface area contributed by atoms with E-state index in [2.05, 4.69) is 5.32 Å². The van der Waals surface area contributed by atoms with E-state index < -0.39 is 11.5 Å². The van der Waals surface area contributed by atoms with Crippen molar-refractivity contribution in [2.24, 2.45) is 5.92 Å². The van der Waals surface area contributed by atoms with Crippen LogP contribution in [-0.2, 0) is 20.9 Å². The highest BCUT2D eigenvalue weighted by atomic mass is 16.6. The zero-order valence-corrected chi connectivity index (χ0v) is 14.8. The summed E-state index contributed by atoms with van der Waals surface area (Å²) < 4.78 is 22.1. The Bertz CT molecular complexity index is 725. The Morgan fingerprint density at radius 2 is 1.92 bits per heavy atom. The molecule has 1 saturated carbocycles. The first-order chi connectivity index (χ1) is 12.6. The molecule has 1 amide bonds. The van der Waals surface area contributed by atoms with Gasteiger partial charge in [-0.1, -0.05) is 0 Å². The minimum absolute atomic E-state index is 0.144. The van der Waals surface area contributed by atoms with E-state index in [0.717, 1.165) is 31.2 Å². The van der Waals surface area contributed by atoms with Crippen LogP contribution in [0.1, 0.15) is 37.7 Å². The third-order valence-corrected chi connectivity index (χ3v) is 5.49. The van der Waals surface area contributed by atoms with Gasteiger partial charge in [-0.25, -0.2) is 0 Å². The molecule has 1 aliphatic carbocycles. The molecule has 7 heteroatoms. The summed E-state index contributed by atoms with van der Waals surface area (Å²) in [6, 6.07) is 3.60. The van der Waals surface area contributed by atoms with Crippen LogP contribution in [0.15, 0.2) is 12.1 Å². The number of methoxy groups -OCH3 is 1. The van der Waals surface area contributed by atoms with Gasteiger partial charge in [-0.3, -0.25) is 9.59 Å². The monoisotopic (exact) mass is 361 g/mol. The summed E-state index contributed by atoms with van der Waals surface area (Å²) in [5, 5.41) is 2.95. The molecule has 1 spiro atoms. The number of nitrogens with one attached hydrogen (secondary N) is 1. The van der Waals surface area contributed by atoms with Gasteiger partial charge in [0.1, 0.15) is 24.6 Å². The fourth-order valence-corrected chi connectivity index (χ4v) is 4.19. The molecule has 2 fully saturated rings. The standard InChI is InChI=1S/C19H23NO6/c1-23-14-10-16-15(24-6-7-25-16)8-12(14)11-20-18(22)13-9-17(21)26-19(13)4-2-3-5-19/h8,10,13H,2-7,9,11H2,1H3,(H,20,22). The highest BCUT2D eigenvalue weighted by Gasteiger charge is 2.53. The number of amides is 1. The molecule has 0 bridgehead atoms. The van der Waals surface area contributed by atoms with Gasteiger partial charge in [-0.05, 0) is 31.7 Å². The van der Waals surface area contributed by atoms with Crippen molar-refractivity contribution in [3.05, 3.63) is 17.7 Å². The number of esters is 1. The summed E-state index contributed by atoms with van der Waals surface area (Å²) in [6.45, 7) is 1.29. The molecule has 4 rings (SSSR count). The van der Waals surface area contributed by atoms with Crippen molar-refractivity contribution >= 4 is 11.9 Å². The van der Waals surface area contributed by atoms with Crippen LogP contribution >= 0.6 is 0 Å². The molecule has 2 aliphatic heterocycles. The predicted octanol–water partition coefficient (Wildman–Crippen LogP) is 1.96. The van der Waals surface area contributed by atoms with Gasteiger partial charge in [0, 0.05) is 18.2 Å². The van der Waals surface area contributed by atoms with Gasteiger partial charge < -0.3 is 24.3 Å².